The number of hydrogen-bond acceptors (Lipinski definition) is 4. The van der Waals surface area contributed by atoms with E-state index in [-0.39, 0.29) is 10.9 Å². The highest BCUT2D eigenvalue weighted by molar-refractivity contribution is 6.31. The van der Waals surface area contributed by atoms with Crippen LogP contribution in [0.2, 0.25) is 5.02 Å². The molecule has 0 atom stereocenters. The van der Waals surface area contributed by atoms with Crippen LogP contribution in [0, 0.1) is 5.82 Å². The Morgan fingerprint density at radius 2 is 2.29 bits per heavy atom. The molecule has 0 saturated carbocycles. The summed E-state index contributed by atoms with van der Waals surface area (Å²) in [4.78, 5) is 0. The van der Waals surface area contributed by atoms with Gasteiger partial charge in [-0.05, 0) is 18.2 Å². The number of benzene rings is 1. The van der Waals surface area contributed by atoms with Crippen LogP contribution in [0.5, 0.6) is 0 Å². The van der Waals surface area contributed by atoms with Crippen molar-refractivity contribution in [2.45, 2.75) is 0 Å². The molecule has 2 N–H and O–H groups in total. The Morgan fingerprint density at radius 3 is 2.88 bits per heavy atom. The van der Waals surface area contributed by atoms with Crippen LogP contribution < -0.4 is 5.32 Å². The quantitative estimate of drug-likeness (QED) is 0.375. The molecule has 0 aliphatic heterocycles. The van der Waals surface area contributed by atoms with Gasteiger partial charge < -0.3 is 15.0 Å². The summed E-state index contributed by atoms with van der Waals surface area (Å²) >= 11 is 5.61. The summed E-state index contributed by atoms with van der Waals surface area (Å²) in [5.74, 6) is -0.456. The molecule has 17 heavy (non-hydrogen) atoms. The van der Waals surface area contributed by atoms with Gasteiger partial charge in [0.05, 0.1) is 5.02 Å². The number of nitrogens with zero attached hydrogens (tertiary/aromatic N) is 2. The van der Waals surface area contributed by atoms with Crippen molar-refractivity contribution in [3.63, 3.8) is 0 Å². The number of nitrogens with one attached hydrogen (secondary N) is 1. The van der Waals surface area contributed by atoms with E-state index in [1.807, 2.05) is 0 Å². The van der Waals surface area contributed by atoms with Gasteiger partial charge in [0.15, 0.2) is 11.5 Å². The van der Waals surface area contributed by atoms with Crippen LogP contribution in [0.25, 0.3) is 0 Å². The molecule has 0 bridgehead atoms. The highest BCUT2D eigenvalue weighted by Crippen LogP contribution is 2.19. The third-order valence-electron chi connectivity index (χ3n) is 1.96. The van der Waals surface area contributed by atoms with E-state index in [0.29, 0.717) is 11.4 Å². The summed E-state index contributed by atoms with van der Waals surface area (Å²) in [7, 11) is 0. The van der Waals surface area contributed by atoms with Crippen LogP contribution in [0.4, 0.5) is 10.1 Å². The molecule has 0 radical (unpaired) electrons. The Balaban J connectivity index is 2.22. The van der Waals surface area contributed by atoms with Crippen LogP contribution >= 0.6 is 11.6 Å². The molecule has 0 aliphatic rings. The highest BCUT2D eigenvalue weighted by atomic mass is 35.5. The molecule has 0 fully saturated rings. The first-order valence-electron chi connectivity index (χ1n) is 4.55. The van der Waals surface area contributed by atoms with Gasteiger partial charge in [-0.2, -0.15) is 0 Å². The smallest absolute Gasteiger partial charge is 0.199 e. The summed E-state index contributed by atoms with van der Waals surface area (Å²) in [6, 6.07) is 5.52. The lowest BCUT2D eigenvalue weighted by Gasteiger charge is -2.06. The van der Waals surface area contributed by atoms with Crippen molar-refractivity contribution < 1.29 is 14.1 Å². The maximum atomic E-state index is 12.9. The molecule has 2 aromatic rings. The molecule has 5 nitrogen and oxygen atoms in total. The monoisotopic (exact) mass is 255 g/mol. The average molecular weight is 256 g/mol. The zero-order chi connectivity index (χ0) is 12.3. The van der Waals surface area contributed by atoms with Crippen molar-refractivity contribution >= 4 is 23.1 Å². The SMILES string of the molecule is ON=C(Nc1ccc(F)c(Cl)c1)c1ccon1. The van der Waals surface area contributed by atoms with Gasteiger partial charge in [0.25, 0.3) is 0 Å². The number of aromatic nitrogens is 1. The van der Waals surface area contributed by atoms with Crippen molar-refractivity contribution in [2.75, 3.05) is 5.32 Å². The summed E-state index contributed by atoms with van der Waals surface area (Å²) in [6.07, 6.45) is 1.33. The molecule has 1 aromatic carbocycles. The van der Waals surface area contributed by atoms with Crippen molar-refractivity contribution in [3.05, 3.63) is 47.1 Å². The molecule has 0 spiro atoms. The zero-order valence-corrected chi connectivity index (χ0v) is 9.15. The second kappa shape index (κ2) is 4.84. The van der Waals surface area contributed by atoms with Crippen molar-refractivity contribution in [1.29, 1.82) is 0 Å². The molecule has 0 unspecified atom stereocenters. The second-order valence-electron chi connectivity index (χ2n) is 3.09. The van der Waals surface area contributed by atoms with Gasteiger partial charge in [0.2, 0.25) is 0 Å². The molecule has 7 heteroatoms. The van der Waals surface area contributed by atoms with E-state index in [2.05, 4.69) is 20.2 Å². The molecule has 0 amide bonds. The number of oxime groups is 1. The van der Waals surface area contributed by atoms with E-state index in [9.17, 15) is 4.39 Å². The molecule has 1 aromatic heterocycles. The molecule has 2 rings (SSSR count). The molecule has 1 heterocycles. The number of hydrogen-bond donors (Lipinski definition) is 2. The Labute approximate surface area is 100 Å². The van der Waals surface area contributed by atoms with Crippen LogP contribution in [-0.2, 0) is 0 Å². The van der Waals surface area contributed by atoms with E-state index < -0.39 is 5.82 Å². The van der Waals surface area contributed by atoms with Crippen molar-refractivity contribution in [2.24, 2.45) is 5.16 Å². The normalized spacial score (nSPS) is 11.5. The maximum Gasteiger partial charge on any atom is 0.199 e. The van der Waals surface area contributed by atoms with Crippen LogP contribution in [0.1, 0.15) is 5.69 Å². The van der Waals surface area contributed by atoms with Crippen LogP contribution in [-0.4, -0.2) is 16.2 Å². The van der Waals surface area contributed by atoms with Gasteiger partial charge in [-0.25, -0.2) is 4.39 Å². The summed E-state index contributed by atoms with van der Waals surface area (Å²) in [6.45, 7) is 0. The third kappa shape index (κ3) is 2.54. The van der Waals surface area contributed by atoms with E-state index in [1.165, 1.54) is 30.5 Å². The lowest BCUT2D eigenvalue weighted by Crippen LogP contribution is -2.14. The lowest BCUT2D eigenvalue weighted by atomic mass is 10.3. The Morgan fingerprint density at radius 1 is 1.47 bits per heavy atom. The number of rotatable bonds is 2. The van der Waals surface area contributed by atoms with E-state index in [1.54, 1.807) is 0 Å². The molecular weight excluding hydrogens is 249 g/mol. The fraction of sp³-hybridized carbons (Fsp3) is 0. The molecular formula is C10H7ClFN3O2. The van der Waals surface area contributed by atoms with Gasteiger partial charge in [-0.15, -0.1) is 0 Å². The predicted molar refractivity (Wildman–Crippen MR) is 59.9 cm³/mol. The van der Waals surface area contributed by atoms with E-state index in [4.69, 9.17) is 16.8 Å². The molecule has 0 aliphatic carbocycles. The Kier molecular flexibility index (Phi) is 3.24. The largest absolute Gasteiger partial charge is 0.409 e. The van der Waals surface area contributed by atoms with Crippen LogP contribution in [0.15, 0.2) is 40.2 Å². The van der Waals surface area contributed by atoms with E-state index >= 15 is 0 Å². The van der Waals surface area contributed by atoms with Gasteiger partial charge in [0.1, 0.15) is 12.1 Å². The van der Waals surface area contributed by atoms with Crippen LogP contribution in [0.3, 0.4) is 0 Å². The fourth-order valence-electron chi connectivity index (χ4n) is 1.19. The zero-order valence-electron chi connectivity index (χ0n) is 8.39. The first-order valence-corrected chi connectivity index (χ1v) is 4.93. The summed E-state index contributed by atoms with van der Waals surface area (Å²) in [5, 5.41) is 18.1. The highest BCUT2D eigenvalue weighted by Gasteiger charge is 2.09. The number of anilines is 1. The number of halogens is 2. The minimum atomic E-state index is -0.527. The molecule has 88 valence electrons. The van der Waals surface area contributed by atoms with Gasteiger partial charge in [-0.1, -0.05) is 21.9 Å². The lowest BCUT2D eigenvalue weighted by molar-refractivity contribution is 0.318. The maximum absolute atomic E-state index is 12.9. The van der Waals surface area contributed by atoms with Gasteiger partial charge in [-0.3, -0.25) is 0 Å². The third-order valence-corrected chi connectivity index (χ3v) is 2.25. The summed E-state index contributed by atoms with van der Waals surface area (Å²) < 4.78 is 17.5. The average Bonchev–Trinajstić information content (AvgIpc) is 2.84. The fourth-order valence-corrected chi connectivity index (χ4v) is 1.37. The first-order chi connectivity index (χ1) is 8.20. The second-order valence-corrected chi connectivity index (χ2v) is 3.49. The Bertz CT molecular complexity index is 542. The minimum absolute atomic E-state index is 0.0348. The van der Waals surface area contributed by atoms with Gasteiger partial charge >= 0.3 is 0 Å². The molecule has 0 saturated heterocycles. The first kappa shape index (κ1) is 11.4. The van der Waals surface area contributed by atoms with E-state index in [0.717, 1.165) is 0 Å². The topological polar surface area (TPSA) is 70.7 Å². The standard InChI is InChI=1S/C10H7ClFN3O2/c11-7-5-6(1-2-8(7)12)13-10(14-16)9-3-4-17-15-9/h1-5,16H,(H,13,14). The Hall–Kier alpha value is -2.08. The summed E-state index contributed by atoms with van der Waals surface area (Å²) in [5.41, 5.74) is 0.778. The van der Waals surface area contributed by atoms with Crippen molar-refractivity contribution in [3.8, 4) is 0 Å². The predicted octanol–water partition coefficient (Wildman–Crippen LogP) is 2.72. The minimum Gasteiger partial charge on any atom is -0.409 e. The van der Waals surface area contributed by atoms with Crippen molar-refractivity contribution in [1.82, 2.24) is 5.16 Å². The number of amidine groups is 1. The van der Waals surface area contributed by atoms with Gasteiger partial charge in [0, 0.05) is 11.8 Å².